The lowest BCUT2D eigenvalue weighted by Gasteiger charge is -2.09. The topological polar surface area (TPSA) is 47.6 Å². The zero-order valence-electron chi connectivity index (χ0n) is 13.4. The van der Waals surface area contributed by atoms with Crippen LogP contribution in [0.1, 0.15) is 16.7 Å². The Hall–Kier alpha value is -2.96. The maximum Gasteiger partial charge on any atom is 0.416 e. The molecule has 0 saturated heterocycles. The van der Waals surface area contributed by atoms with Crippen LogP contribution in [0.15, 0.2) is 36.4 Å². The summed E-state index contributed by atoms with van der Waals surface area (Å²) in [4.78, 5) is 12.2. The van der Waals surface area contributed by atoms with E-state index in [2.05, 4.69) is 5.32 Å². The van der Waals surface area contributed by atoms with Crippen molar-refractivity contribution in [3.05, 3.63) is 53.1 Å². The van der Waals surface area contributed by atoms with Crippen LogP contribution in [-0.4, -0.2) is 20.1 Å². The first kappa shape index (κ1) is 16.9. The number of halogens is 3. The van der Waals surface area contributed by atoms with E-state index in [1.165, 1.54) is 20.3 Å². The summed E-state index contributed by atoms with van der Waals surface area (Å²) >= 11 is 0. The number of rotatable bonds is 3. The molecule has 1 amide bonds. The largest absolute Gasteiger partial charge is 0.497 e. The van der Waals surface area contributed by atoms with Crippen LogP contribution in [0.2, 0.25) is 0 Å². The molecule has 0 fully saturated rings. The Morgan fingerprint density at radius 2 is 1.80 bits per heavy atom. The van der Waals surface area contributed by atoms with Crippen LogP contribution in [0.4, 0.5) is 18.9 Å². The Morgan fingerprint density at radius 3 is 2.44 bits per heavy atom. The number of carbonyl (C=O) groups is 1. The maximum absolute atomic E-state index is 12.8. The highest BCUT2D eigenvalue weighted by Crippen LogP contribution is 2.39. The molecule has 0 bridgehead atoms. The normalized spacial score (nSPS) is 15.1. The third-order valence-electron chi connectivity index (χ3n) is 3.87. The average molecular weight is 349 g/mol. The molecule has 2 aromatic rings. The molecule has 7 heteroatoms. The van der Waals surface area contributed by atoms with Gasteiger partial charge in [0.25, 0.3) is 5.91 Å². The van der Waals surface area contributed by atoms with E-state index in [4.69, 9.17) is 9.47 Å². The second-order valence-corrected chi connectivity index (χ2v) is 5.38. The molecule has 2 aromatic carbocycles. The summed E-state index contributed by atoms with van der Waals surface area (Å²) in [6.45, 7) is 0. The summed E-state index contributed by atoms with van der Waals surface area (Å²) in [6, 6.07) is 8.25. The molecule has 1 aliphatic heterocycles. The Morgan fingerprint density at radius 1 is 1.04 bits per heavy atom. The predicted molar refractivity (Wildman–Crippen MR) is 87.5 cm³/mol. The van der Waals surface area contributed by atoms with Crippen molar-refractivity contribution in [1.82, 2.24) is 0 Å². The van der Waals surface area contributed by atoms with E-state index in [0.29, 0.717) is 22.6 Å². The average Bonchev–Trinajstić information content (AvgIpc) is 2.89. The first-order valence-electron chi connectivity index (χ1n) is 7.30. The summed E-state index contributed by atoms with van der Waals surface area (Å²) in [7, 11) is 3.00. The van der Waals surface area contributed by atoms with E-state index >= 15 is 0 Å². The van der Waals surface area contributed by atoms with Gasteiger partial charge in [-0.3, -0.25) is 4.79 Å². The Balaban J connectivity index is 2.06. The van der Waals surface area contributed by atoms with Gasteiger partial charge in [-0.2, -0.15) is 13.2 Å². The molecule has 0 saturated carbocycles. The third-order valence-corrected chi connectivity index (χ3v) is 3.87. The summed E-state index contributed by atoms with van der Waals surface area (Å²) in [5.41, 5.74) is 0.623. The third kappa shape index (κ3) is 3.17. The van der Waals surface area contributed by atoms with Gasteiger partial charge in [0.15, 0.2) is 0 Å². The first-order valence-corrected chi connectivity index (χ1v) is 7.30. The van der Waals surface area contributed by atoms with Crippen LogP contribution < -0.4 is 14.8 Å². The molecule has 0 atom stereocenters. The van der Waals surface area contributed by atoms with Crippen LogP contribution in [-0.2, 0) is 11.0 Å². The van der Waals surface area contributed by atoms with E-state index in [1.807, 2.05) is 0 Å². The van der Waals surface area contributed by atoms with E-state index < -0.39 is 17.6 Å². The van der Waals surface area contributed by atoms with Gasteiger partial charge in [0.2, 0.25) is 0 Å². The number of benzene rings is 2. The molecule has 1 heterocycles. The Labute approximate surface area is 141 Å². The number of carbonyl (C=O) groups excluding carboxylic acids is 1. The molecular formula is C18H14F3NO3. The summed E-state index contributed by atoms with van der Waals surface area (Å²) in [5, 5.41) is 2.47. The molecule has 1 N–H and O–H groups in total. The van der Waals surface area contributed by atoms with Crippen LogP contribution in [0.5, 0.6) is 11.5 Å². The van der Waals surface area contributed by atoms with Crippen molar-refractivity contribution in [3.63, 3.8) is 0 Å². The Kier molecular flexibility index (Phi) is 4.16. The van der Waals surface area contributed by atoms with Crippen LogP contribution in [0.25, 0.3) is 11.6 Å². The van der Waals surface area contributed by atoms with Gasteiger partial charge >= 0.3 is 6.18 Å². The van der Waals surface area contributed by atoms with Gasteiger partial charge in [-0.05, 0) is 30.3 Å². The van der Waals surface area contributed by atoms with Crippen LogP contribution >= 0.6 is 0 Å². The number of fused-ring (bicyclic) bond motifs is 1. The number of ether oxygens (including phenoxy) is 2. The number of hydrogen-bond acceptors (Lipinski definition) is 3. The van der Waals surface area contributed by atoms with Crippen molar-refractivity contribution in [2.24, 2.45) is 0 Å². The van der Waals surface area contributed by atoms with Crippen LogP contribution in [0, 0.1) is 0 Å². The molecule has 25 heavy (non-hydrogen) atoms. The lowest BCUT2D eigenvalue weighted by molar-refractivity contribution is -0.137. The van der Waals surface area contributed by atoms with Crippen molar-refractivity contribution in [2.45, 2.75) is 6.18 Å². The minimum Gasteiger partial charge on any atom is -0.497 e. The number of alkyl halides is 3. The molecule has 0 aromatic heterocycles. The zero-order valence-corrected chi connectivity index (χ0v) is 13.4. The van der Waals surface area contributed by atoms with E-state index in [0.717, 1.165) is 12.1 Å². The zero-order chi connectivity index (χ0) is 18.2. The SMILES string of the molecule is COc1ccc(/C=C2\C(=O)Nc3cc(C(F)(F)F)ccc32)c(OC)c1. The standard InChI is InChI=1S/C18H14F3NO3/c1-24-12-5-3-10(16(9-12)25-2)7-14-13-6-4-11(18(19,20)21)8-15(13)22-17(14)23/h3-9H,1-2H3,(H,22,23)/b14-7-. The summed E-state index contributed by atoms with van der Waals surface area (Å²) < 4.78 is 48.8. The van der Waals surface area contributed by atoms with Gasteiger partial charge in [0.1, 0.15) is 11.5 Å². The smallest absolute Gasteiger partial charge is 0.416 e. The van der Waals surface area contributed by atoms with Crippen molar-refractivity contribution in [2.75, 3.05) is 19.5 Å². The van der Waals surface area contributed by atoms with E-state index in [9.17, 15) is 18.0 Å². The van der Waals surface area contributed by atoms with Gasteiger partial charge in [0.05, 0.1) is 19.8 Å². The summed E-state index contributed by atoms with van der Waals surface area (Å²) in [5.74, 6) is 0.609. The van der Waals surface area contributed by atoms with Crippen molar-refractivity contribution < 1.29 is 27.4 Å². The molecule has 0 unspecified atom stereocenters. The van der Waals surface area contributed by atoms with Gasteiger partial charge < -0.3 is 14.8 Å². The number of anilines is 1. The highest BCUT2D eigenvalue weighted by atomic mass is 19.4. The molecule has 0 radical (unpaired) electrons. The fourth-order valence-corrected chi connectivity index (χ4v) is 2.61. The van der Waals surface area contributed by atoms with E-state index in [1.54, 1.807) is 24.3 Å². The van der Waals surface area contributed by atoms with E-state index in [-0.39, 0.29) is 11.3 Å². The van der Waals surface area contributed by atoms with Crippen LogP contribution in [0.3, 0.4) is 0 Å². The molecule has 4 nitrogen and oxygen atoms in total. The summed E-state index contributed by atoms with van der Waals surface area (Å²) in [6.07, 6.45) is -2.89. The number of hydrogen-bond donors (Lipinski definition) is 1. The fourth-order valence-electron chi connectivity index (χ4n) is 2.61. The minimum absolute atomic E-state index is 0.138. The van der Waals surface area contributed by atoms with Gasteiger partial charge in [-0.1, -0.05) is 6.07 Å². The number of nitrogens with one attached hydrogen (secondary N) is 1. The number of amides is 1. The van der Waals surface area contributed by atoms with Crippen molar-refractivity contribution >= 4 is 23.2 Å². The lowest BCUT2D eigenvalue weighted by atomic mass is 10.0. The number of methoxy groups -OCH3 is 2. The van der Waals surface area contributed by atoms with Gasteiger partial charge in [-0.15, -0.1) is 0 Å². The maximum atomic E-state index is 12.8. The minimum atomic E-state index is -4.47. The molecule has 130 valence electrons. The fraction of sp³-hybridized carbons (Fsp3) is 0.167. The predicted octanol–water partition coefficient (Wildman–Crippen LogP) is 4.22. The molecular weight excluding hydrogens is 335 g/mol. The molecule has 0 aliphatic carbocycles. The first-order chi connectivity index (χ1) is 11.8. The quantitative estimate of drug-likeness (QED) is 0.844. The molecule has 0 spiro atoms. The monoisotopic (exact) mass is 349 g/mol. The van der Waals surface area contributed by atoms with Crippen molar-refractivity contribution in [3.8, 4) is 11.5 Å². The molecule has 1 aliphatic rings. The highest BCUT2D eigenvalue weighted by Gasteiger charge is 2.33. The lowest BCUT2D eigenvalue weighted by Crippen LogP contribution is -2.06. The molecule has 3 rings (SSSR count). The second kappa shape index (κ2) is 6.16. The Bertz CT molecular complexity index is 872. The van der Waals surface area contributed by atoms with Gasteiger partial charge in [0, 0.05) is 28.5 Å². The second-order valence-electron chi connectivity index (χ2n) is 5.38. The van der Waals surface area contributed by atoms with Gasteiger partial charge in [-0.25, -0.2) is 0 Å². The highest BCUT2D eigenvalue weighted by molar-refractivity contribution is 6.35. The van der Waals surface area contributed by atoms with Crippen molar-refractivity contribution in [1.29, 1.82) is 0 Å².